The van der Waals surface area contributed by atoms with Crippen molar-refractivity contribution in [3.8, 4) is 0 Å². The highest BCUT2D eigenvalue weighted by molar-refractivity contribution is 6.34. The van der Waals surface area contributed by atoms with Crippen LogP contribution >= 0.6 is 11.6 Å². The second-order valence-electron chi connectivity index (χ2n) is 9.29. The number of pyridine rings is 1. The molecule has 5 rings (SSSR count). The third-order valence-electron chi connectivity index (χ3n) is 6.15. The lowest BCUT2D eigenvalue weighted by Gasteiger charge is -2.16. The van der Waals surface area contributed by atoms with Gasteiger partial charge in [-0.15, -0.1) is 0 Å². The summed E-state index contributed by atoms with van der Waals surface area (Å²) >= 11 is 6.46. The van der Waals surface area contributed by atoms with Crippen LogP contribution in [0.3, 0.4) is 0 Å². The molecule has 14 heteroatoms. The SMILES string of the molecule is CC(C)n1cc2cc(Nc3nc(=O)n(Cc4ccc[nH]c4=O)c(=O)n3Cc3cc(F)c(F)c(F)c3)c(Cl)cc2n1. The lowest BCUT2D eigenvalue weighted by molar-refractivity contribution is 0.444. The quantitative estimate of drug-likeness (QED) is 0.286. The van der Waals surface area contributed by atoms with Gasteiger partial charge in [0.2, 0.25) is 5.95 Å². The Morgan fingerprint density at radius 1 is 1.02 bits per heavy atom. The monoisotopic (exact) mass is 571 g/mol. The maximum atomic E-state index is 14.0. The van der Waals surface area contributed by atoms with E-state index in [0.29, 0.717) is 15.5 Å². The Labute approximate surface area is 228 Å². The average Bonchev–Trinajstić information content (AvgIpc) is 3.31. The second kappa shape index (κ2) is 10.5. The summed E-state index contributed by atoms with van der Waals surface area (Å²) in [7, 11) is 0. The predicted molar refractivity (Wildman–Crippen MR) is 143 cm³/mol. The highest BCUT2D eigenvalue weighted by Gasteiger charge is 2.19. The van der Waals surface area contributed by atoms with Gasteiger partial charge in [-0.05, 0) is 49.7 Å². The fraction of sp³-hybridized carbons (Fsp3) is 0.192. The first-order valence-corrected chi connectivity index (χ1v) is 12.4. The van der Waals surface area contributed by atoms with Crippen molar-refractivity contribution in [2.45, 2.75) is 33.0 Å². The number of anilines is 2. The highest BCUT2D eigenvalue weighted by Crippen LogP contribution is 2.30. The summed E-state index contributed by atoms with van der Waals surface area (Å²) in [5.74, 6) is -4.87. The molecule has 0 saturated carbocycles. The van der Waals surface area contributed by atoms with Crippen molar-refractivity contribution in [2.75, 3.05) is 5.32 Å². The molecule has 206 valence electrons. The molecular formula is C26H21ClF3N7O3. The van der Waals surface area contributed by atoms with E-state index in [-0.39, 0.29) is 33.8 Å². The summed E-state index contributed by atoms with van der Waals surface area (Å²) in [5, 5.41) is 8.21. The number of fused-ring (bicyclic) bond motifs is 1. The van der Waals surface area contributed by atoms with Crippen molar-refractivity contribution in [1.82, 2.24) is 28.9 Å². The van der Waals surface area contributed by atoms with Crippen molar-refractivity contribution in [3.63, 3.8) is 0 Å². The molecule has 0 aliphatic rings. The molecule has 0 atom stereocenters. The van der Waals surface area contributed by atoms with Crippen LogP contribution in [0.1, 0.15) is 31.0 Å². The molecule has 0 unspecified atom stereocenters. The number of H-pyrrole nitrogens is 1. The van der Waals surface area contributed by atoms with Crippen LogP contribution in [0.5, 0.6) is 0 Å². The molecule has 3 heterocycles. The fourth-order valence-corrected chi connectivity index (χ4v) is 4.29. The summed E-state index contributed by atoms with van der Waals surface area (Å²) in [5.41, 5.74) is -1.60. The van der Waals surface area contributed by atoms with Crippen LogP contribution in [0.2, 0.25) is 5.02 Å². The number of aromatic nitrogens is 6. The Bertz CT molecular complexity index is 1920. The summed E-state index contributed by atoms with van der Waals surface area (Å²) in [6.07, 6.45) is 3.18. The molecule has 10 nitrogen and oxygen atoms in total. The summed E-state index contributed by atoms with van der Waals surface area (Å²) in [6, 6.07) is 7.72. The lowest BCUT2D eigenvalue weighted by Crippen LogP contribution is -2.43. The number of hydrogen-bond acceptors (Lipinski definition) is 6. The number of nitrogens with zero attached hydrogens (tertiary/aromatic N) is 5. The van der Waals surface area contributed by atoms with Gasteiger partial charge < -0.3 is 10.3 Å². The Morgan fingerprint density at radius 3 is 2.42 bits per heavy atom. The first kappa shape index (κ1) is 26.9. The van der Waals surface area contributed by atoms with Gasteiger partial charge in [0.15, 0.2) is 17.5 Å². The summed E-state index contributed by atoms with van der Waals surface area (Å²) in [4.78, 5) is 45.1. The maximum Gasteiger partial charge on any atom is 0.355 e. The van der Waals surface area contributed by atoms with Gasteiger partial charge >= 0.3 is 11.4 Å². The third-order valence-corrected chi connectivity index (χ3v) is 6.46. The lowest BCUT2D eigenvalue weighted by atomic mass is 10.2. The zero-order valence-corrected chi connectivity index (χ0v) is 21.8. The van der Waals surface area contributed by atoms with E-state index in [1.807, 2.05) is 13.8 Å². The van der Waals surface area contributed by atoms with E-state index in [2.05, 4.69) is 20.4 Å². The van der Waals surface area contributed by atoms with Crippen molar-refractivity contribution >= 4 is 34.1 Å². The van der Waals surface area contributed by atoms with E-state index in [4.69, 9.17) is 11.6 Å². The predicted octanol–water partition coefficient (Wildman–Crippen LogP) is 3.93. The zero-order valence-electron chi connectivity index (χ0n) is 21.1. The highest BCUT2D eigenvalue weighted by atomic mass is 35.5. The molecule has 0 saturated heterocycles. The van der Waals surface area contributed by atoms with Crippen LogP contribution in [0, 0.1) is 17.5 Å². The van der Waals surface area contributed by atoms with E-state index in [1.54, 1.807) is 23.0 Å². The van der Waals surface area contributed by atoms with Gasteiger partial charge in [0, 0.05) is 29.4 Å². The molecule has 3 aromatic heterocycles. The first-order chi connectivity index (χ1) is 19.0. The summed E-state index contributed by atoms with van der Waals surface area (Å²) < 4.78 is 44.9. The van der Waals surface area contributed by atoms with Crippen molar-refractivity contribution < 1.29 is 13.2 Å². The Balaban J connectivity index is 1.64. The van der Waals surface area contributed by atoms with Gasteiger partial charge in [-0.25, -0.2) is 27.3 Å². The number of nitrogens with one attached hydrogen (secondary N) is 2. The van der Waals surface area contributed by atoms with E-state index < -0.39 is 47.5 Å². The molecular weight excluding hydrogens is 551 g/mol. The second-order valence-corrected chi connectivity index (χ2v) is 9.70. The smallest absolute Gasteiger partial charge is 0.329 e. The van der Waals surface area contributed by atoms with Gasteiger partial charge in [-0.3, -0.25) is 14.0 Å². The van der Waals surface area contributed by atoms with Crippen LogP contribution in [0.15, 0.2) is 63.2 Å². The largest absolute Gasteiger partial charge is 0.355 e. The van der Waals surface area contributed by atoms with Gasteiger partial charge in [-0.2, -0.15) is 10.1 Å². The minimum Gasteiger partial charge on any atom is -0.329 e. The van der Waals surface area contributed by atoms with Crippen LogP contribution in [0.4, 0.5) is 24.8 Å². The first-order valence-electron chi connectivity index (χ1n) is 12.0. The molecule has 2 N–H and O–H groups in total. The number of halogens is 4. The van der Waals surface area contributed by atoms with Crippen molar-refractivity contribution in [2.24, 2.45) is 0 Å². The Hall–Kier alpha value is -4.65. The average molecular weight is 572 g/mol. The van der Waals surface area contributed by atoms with E-state index in [1.165, 1.54) is 18.3 Å². The van der Waals surface area contributed by atoms with Gasteiger partial charge in [0.25, 0.3) is 5.56 Å². The number of aromatic amines is 1. The van der Waals surface area contributed by atoms with E-state index >= 15 is 0 Å². The minimum absolute atomic E-state index is 0.0790. The Kier molecular flexibility index (Phi) is 7.06. The summed E-state index contributed by atoms with van der Waals surface area (Å²) in [6.45, 7) is 2.98. The van der Waals surface area contributed by atoms with Crippen LogP contribution < -0.4 is 22.3 Å². The van der Waals surface area contributed by atoms with Crippen LogP contribution in [0.25, 0.3) is 10.9 Å². The maximum absolute atomic E-state index is 14.0. The molecule has 0 aliphatic carbocycles. The number of rotatable bonds is 7. The molecule has 0 spiro atoms. The molecule has 0 radical (unpaired) electrons. The van der Waals surface area contributed by atoms with E-state index in [0.717, 1.165) is 16.7 Å². The molecule has 40 heavy (non-hydrogen) atoms. The Morgan fingerprint density at radius 2 is 1.75 bits per heavy atom. The fourth-order valence-electron chi connectivity index (χ4n) is 4.08. The molecule has 0 bridgehead atoms. The van der Waals surface area contributed by atoms with Crippen LogP contribution in [-0.2, 0) is 13.1 Å². The van der Waals surface area contributed by atoms with Crippen molar-refractivity contribution in [1.29, 1.82) is 0 Å². The molecule has 0 amide bonds. The number of benzene rings is 2. The third kappa shape index (κ3) is 5.15. The standard InChI is InChI=1S/C26H21ClF3N7O3/c1-13(2)37-12-16-8-21(17(27)9-20(16)34-37)32-24-33-25(39)36(11-15-4-3-5-31-23(15)38)26(40)35(24)10-14-6-18(28)22(30)19(29)7-14/h3-9,12-13H,10-11H2,1-2H3,(H,31,38)(H,32,33,39). The molecule has 0 fully saturated rings. The molecule has 2 aromatic carbocycles. The van der Waals surface area contributed by atoms with Crippen molar-refractivity contribution in [3.05, 3.63) is 114 Å². The normalized spacial score (nSPS) is 11.5. The van der Waals surface area contributed by atoms with Crippen LogP contribution in [-0.4, -0.2) is 28.9 Å². The van der Waals surface area contributed by atoms with Gasteiger partial charge in [0.1, 0.15) is 0 Å². The number of hydrogen-bond donors (Lipinski definition) is 2. The molecule has 5 aromatic rings. The molecule has 0 aliphatic heterocycles. The van der Waals surface area contributed by atoms with E-state index in [9.17, 15) is 27.6 Å². The zero-order chi connectivity index (χ0) is 28.7. The minimum atomic E-state index is -1.66. The van der Waals surface area contributed by atoms with Gasteiger partial charge in [0.05, 0.1) is 29.3 Å². The topological polar surface area (TPSA) is 120 Å². The van der Waals surface area contributed by atoms with Gasteiger partial charge in [-0.1, -0.05) is 17.7 Å².